The zero-order valence-electron chi connectivity index (χ0n) is 11.5. The van der Waals surface area contributed by atoms with Crippen LogP contribution in [0.4, 0.5) is 0 Å². The minimum absolute atomic E-state index is 0.0222. The van der Waals surface area contributed by atoms with Crippen LogP contribution < -0.4 is 10.1 Å². The molecule has 2 N–H and O–H groups in total. The van der Waals surface area contributed by atoms with Crippen LogP contribution in [0, 0.1) is 12.8 Å². The number of amides is 1. The highest BCUT2D eigenvalue weighted by Crippen LogP contribution is 2.38. The smallest absolute Gasteiger partial charge is 0.258 e. The van der Waals surface area contributed by atoms with E-state index in [4.69, 9.17) is 4.74 Å². The number of benzene rings is 1. The van der Waals surface area contributed by atoms with Gasteiger partial charge in [-0.15, -0.1) is 0 Å². The van der Waals surface area contributed by atoms with Crippen LogP contribution in [0.15, 0.2) is 24.3 Å². The maximum Gasteiger partial charge on any atom is 0.258 e. The Labute approximate surface area is 113 Å². The third-order valence-corrected chi connectivity index (χ3v) is 3.55. The van der Waals surface area contributed by atoms with Crippen molar-refractivity contribution in [3.63, 3.8) is 0 Å². The highest BCUT2D eigenvalue weighted by atomic mass is 16.5. The van der Waals surface area contributed by atoms with Crippen LogP contribution in [0.3, 0.4) is 0 Å². The van der Waals surface area contributed by atoms with Gasteiger partial charge in [0, 0.05) is 6.54 Å². The lowest BCUT2D eigenvalue weighted by Crippen LogP contribution is -2.43. The minimum atomic E-state index is -0.793. The van der Waals surface area contributed by atoms with Gasteiger partial charge in [-0.25, -0.2) is 0 Å². The molecule has 1 atom stereocenters. The molecular formula is C15H21NO3. The van der Waals surface area contributed by atoms with Crippen molar-refractivity contribution in [1.29, 1.82) is 0 Å². The van der Waals surface area contributed by atoms with Gasteiger partial charge < -0.3 is 15.2 Å². The van der Waals surface area contributed by atoms with Crippen LogP contribution in [-0.2, 0) is 4.79 Å². The van der Waals surface area contributed by atoms with Gasteiger partial charge >= 0.3 is 0 Å². The molecule has 4 nitrogen and oxygen atoms in total. The van der Waals surface area contributed by atoms with E-state index in [9.17, 15) is 9.90 Å². The molecule has 1 aromatic carbocycles. The standard InChI is InChI=1S/C15H21NO3/c1-11-5-3-4-6-13(11)19-9-14(17)16-10-15(2,18)12-7-8-12/h3-6,12,18H,7-10H2,1-2H3,(H,16,17)/t15-/m0/s1. The van der Waals surface area contributed by atoms with Gasteiger partial charge in [-0.1, -0.05) is 18.2 Å². The zero-order chi connectivity index (χ0) is 13.9. The van der Waals surface area contributed by atoms with Crippen molar-refractivity contribution in [2.24, 2.45) is 5.92 Å². The Morgan fingerprint density at radius 2 is 2.16 bits per heavy atom. The number of carbonyl (C=O) groups is 1. The molecule has 1 amide bonds. The monoisotopic (exact) mass is 263 g/mol. The van der Waals surface area contributed by atoms with Crippen molar-refractivity contribution in [3.8, 4) is 5.75 Å². The first-order valence-corrected chi connectivity index (χ1v) is 6.66. The van der Waals surface area contributed by atoms with Gasteiger partial charge in [0.25, 0.3) is 5.91 Å². The second-order valence-electron chi connectivity index (χ2n) is 5.46. The predicted molar refractivity (Wildman–Crippen MR) is 73.0 cm³/mol. The van der Waals surface area contributed by atoms with Crippen molar-refractivity contribution in [2.45, 2.75) is 32.3 Å². The van der Waals surface area contributed by atoms with Gasteiger partial charge in [-0.2, -0.15) is 0 Å². The third-order valence-electron chi connectivity index (χ3n) is 3.55. The van der Waals surface area contributed by atoms with Gasteiger partial charge in [0.15, 0.2) is 6.61 Å². The molecular weight excluding hydrogens is 242 g/mol. The molecule has 0 bridgehead atoms. The van der Waals surface area contributed by atoms with Crippen molar-refractivity contribution in [3.05, 3.63) is 29.8 Å². The fraction of sp³-hybridized carbons (Fsp3) is 0.533. The molecule has 1 aromatic rings. The maximum absolute atomic E-state index is 11.7. The predicted octanol–water partition coefficient (Wildman–Crippen LogP) is 1.65. The van der Waals surface area contributed by atoms with E-state index >= 15 is 0 Å². The second-order valence-corrected chi connectivity index (χ2v) is 5.46. The van der Waals surface area contributed by atoms with Crippen LogP contribution in [0.5, 0.6) is 5.75 Å². The first-order chi connectivity index (χ1) is 8.99. The highest BCUT2D eigenvalue weighted by Gasteiger charge is 2.39. The van der Waals surface area contributed by atoms with E-state index in [0.29, 0.717) is 11.7 Å². The van der Waals surface area contributed by atoms with Gasteiger partial charge in [-0.05, 0) is 44.2 Å². The number of ether oxygens (including phenoxy) is 1. The normalized spacial score (nSPS) is 17.6. The molecule has 0 spiro atoms. The van der Waals surface area contributed by atoms with Gasteiger partial charge in [0.1, 0.15) is 5.75 Å². The highest BCUT2D eigenvalue weighted by molar-refractivity contribution is 5.77. The lowest BCUT2D eigenvalue weighted by atomic mass is 10.0. The van der Waals surface area contributed by atoms with E-state index in [1.807, 2.05) is 31.2 Å². The van der Waals surface area contributed by atoms with Crippen molar-refractivity contribution in [1.82, 2.24) is 5.32 Å². The molecule has 0 aromatic heterocycles. The van der Waals surface area contributed by atoms with Gasteiger partial charge in [-0.3, -0.25) is 4.79 Å². The van der Waals surface area contributed by atoms with Gasteiger partial charge in [0.05, 0.1) is 5.60 Å². The summed E-state index contributed by atoms with van der Waals surface area (Å²) >= 11 is 0. The van der Waals surface area contributed by atoms with Crippen LogP contribution in [-0.4, -0.2) is 29.8 Å². The average Bonchev–Trinajstić information content (AvgIpc) is 3.20. The molecule has 0 saturated heterocycles. The fourth-order valence-electron chi connectivity index (χ4n) is 2.04. The van der Waals surface area contributed by atoms with Crippen LogP contribution >= 0.6 is 0 Å². The Hall–Kier alpha value is -1.55. The lowest BCUT2D eigenvalue weighted by Gasteiger charge is -2.23. The molecule has 1 fully saturated rings. The van der Waals surface area contributed by atoms with Crippen LogP contribution in [0.2, 0.25) is 0 Å². The molecule has 1 aliphatic carbocycles. The van der Waals surface area contributed by atoms with E-state index in [-0.39, 0.29) is 19.1 Å². The Morgan fingerprint density at radius 3 is 2.79 bits per heavy atom. The summed E-state index contributed by atoms with van der Waals surface area (Å²) in [5, 5.41) is 12.8. The Balaban J connectivity index is 1.74. The number of aliphatic hydroxyl groups is 1. The number of aryl methyl sites for hydroxylation is 1. The second kappa shape index (κ2) is 5.61. The Morgan fingerprint density at radius 1 is 1.47 bits per heavy atom. The molecule has 1 saturated carbocycles. The molecule has 0 aliphatic heterocycles. The summed E-state index contributed by atoms with van der Waals surface area (Å²) in [7, 11) is 0. The van der Waals surface area contributed by atoms with E-state index in [2.05, 4.69) is 5.32 Å². The van der Waals surface area contributed by atoms with E-state index in [0.717, 1.165) is 18.4 Å². The summed E-state index contributed by atoms with van der Waals surface area (Å²) in [6.45, 7) is 3.97. The summed E-state index contributed by atoms with van der Waals surface area (Å²) in [6, 6.07) is 7.57. The number of carbonyl (C=O) groups excluding carboxylic acids is 1. The maximum atomic E-state index is 11.7. The summed E-state index contributed by atoms with van der Waals surface area (Å²) in [5.74, 6) is 0.834. The summed E-state index contributed by atoms with van der Waals surface area (Å²) in [4.78, 5) is 11.7. The number of nitrogens with one attached hydrogen (secondary N) is 1. The van der Waals surface area contributed by atoms with Crippen LogP contribution in [0.25, 0.3) is 0 Å². The molecule has 1 aliphatic rings. The van der Waals surface area contributed by atoms with E-state index in [1.165, 1.54) is 0 Å². The fourth-order valence-corrected chi connectivity index (χ4v) is 2.04. The van der Waals surface area contributed by atoms with Gasteiger partial charge in [0.2, 0.25) is 0 Å². The van der Waals surface area contributed by atoms with Crippen molar-refractivity contribution >= 4 is 5.91 Å². The summed E-state index contributed by atoms with van der Waals surface area (Å²) in [6.07, 6.45) is 2.09. The minimum Gasteiger partial charge on any atom is -0.484 e. The molecule has 0 radical (unpaired) electrons. The lowest BCUT2D eigenvalue weighted by molar-refractivity contribution is -0.124. The molecule has 19 heavy (non-hydrogen) atoms. The van der Waals surface area contributed by atoms with E-state index < -0.39 is 5.60 Å². The number of rotatable bonds is 6. The number of para-hydroxylation sites is 1. The van der Waals surface area contributed by atoms with Crippen LogP contribution in [0.1, 0.15) is 25.3 Å². The largest absolute Gasteiger partial charge is 0.484 e. The van der Waals surface area contributed by atoms with Crippen molar-refractivity contribution < 1.29 is 14.6 Å². The third kappa shape index (κ3) is 3.96. The molecule has 104 valence electrons. The summed E-state index contributed by atoms with van der Waals surface area (Å²) < 4.78 is 5.45. The Bertz CT molecular complexity index is 452. The summed E-state index contributed by atoms with van der Waals surface area (Å²) in [5.41, 5.74) is 0.207. The van der Waals surface area contributed by atoms with E-state index in [1.54, 1.807) is 6.92 Å². The molecule has 0 unspecified atom stereocenters. The SMILES string of the molecule is Cc1ccccc1OCC(=O)NC[C@](C)(O)C1CC1. The average molecular weight is 263 g/mol. The quantitative estimate of drug-likeness (QED) is 0.820. The number of hydrogen-bond donors (Lipinski definition) is 2. The topological polar surface area (TPSA) is 58.6 Å². The molecule has 2 rings (SSSR count). The van der Waals surface area contributed by atoms with Crippen molar-refractivity contribution in [2.75, 3.05) is 13.2 Å². The first kappa shape index (κ1) is 13.9. The molecule has 0 heterocycles. The first-order valence-electron chi connectivity index (χ1n) is 6.66. The molecule has 4 heteroatoms. The Kier molecular flexibility index (Phi) is 4.10. The number of hydrogen-bond acceptors (Lipinski definition) is 3. The zero-order valence-corrected chi connectivity index (χ0v) is 11.5.